The van der Waals surface area contributed by atoms with Crippen LogP contribution in [-0.4, -0.2) is 20.1 Å². The average molecular weight is 354 g/mol. The van der Waals surface area contributed by atoms with Gasteiger partial charge in [-0.2, -0.15) is 5.26 Å². The fourth-order valence-corrected chi connectivity index (χ4v) is 22.6. The Morgan fingerprint density at radius 2 is 1.67 bits per heavy atom. The first-order valence-corrected chi connectivity index (χ1v) is 10.9. The molecule has 4 aliphatic rings. The summed E-state index contributed by atoms with van der Waals surface area (Å²) in [6.45, 7) is 7.20. The van der Waals surface area contributed by atoms with Gasteiger partial charge >= 0.3 is 0 Å². The van der Waals surface area contributed by atoms with Gasteiger partial charge in [-0.25, -0.2) is 0 Å². The Hall–Kier alpha value is 1.59. The zero-order valence-electron chi connectivity index (χ0n) is 10.5. The smallest absolute Gasteiger partial charge is 0.113 e. The van der Waals surface area contributed by atoms with Gasteiger partial charge in [0.25, 0.3) is 0 Å². The number of hydrogen-bond donors (Lipinski definition) is 0. The molecule has 100 valence electrons. The lowest BCUT2D eigenvalue weighted by Gasteiger charge is -2.65. The third kappa shape index (κ3) is 2.55. The molecule has 0 aromatic carbocycles. The number of rotatable bonds is 3. The summed E-state index contributed by atoms with van der Waals surface area (Å²) in [5, 5.41) is 8.74. The molecule has 0 N–H and O–H groups in total. The van der Waals surface area contributed by atoms with E-state index in [0.29, 0.717) is 10.5 Å². The highest BCUT2D eigenvalue weighted by atomic mass is 32.3. The molecule has 0 aliphatic carbocycles. The van der Waals surface area contributed by atoms with Crippen LogP contribution in [0.4, 0.5) is 0 Å². The Balaban J connectivity index is 1.87. The second-order valence-corrected chi connectivity index (χ2v) is 18.1. The number of nitrogens with zero attached hydrogens (tertiary/aromatic N) is 1. The van der Waals surface area contributed by atoms with E-state index in [4.69, 9.17) is 5.26 Å². The van der Waals surface area contributed by atoms with Gasteiger partial charge in [-0.15, -0.1) is 70.6 Å². The van der Waals surface area contributed by atoms with E-state index < -0.39 is 0 Å². The minimum atomic E-state index is 0.275. The number of nitriles is 1. The van der Waals surface area contributed by atoms with Crippen molar-refractivity contribution in [2.75, 3.05) is 5.75 Å². The van der Waals surface area contributed by atoms with Gasteiger partial charge in [0.2, 0.25) is 0 Å². The van der Waals surface area contributed by atoms with E-state index in [1.54, 1.807) is 0 Å². The van der Waals surface area contributed by atoms with Crippen molar-refractivity contribution < 1.29 is 0 Å². The number of hydrogen-bond acceptors (Lipinski definition) is 7. The van der Waals surface area contributed by atoms with E-state index in [1.165, 1.54) is 6.42 Å². The van der Waals surface area contributed by atoms with Crippen LogP contribution >= 0.6 is 70.6 Å². The molecule has 18 heavy (non-hydrogen) atoms. The molecule has 0 saturated carbocycles. The summed E-state index contributed by atoms with van der Waals surface area (Å²) in [7, 11) is 0. The van der Waals surface area contributed by atoms with Crippen molar-refractivity contribution >= 4 is 70.6 Å². The van der Waals surface area contributed by atoms with Crippen molar-refractivity contribution in [2.24, 2.45) is 0 Å². The summed E-state index contributed by atoms with van der Waals surface area (Å²) in [5.74, 6) is 0.971. The first-order valence-electron chi connectivity index (χ1n) is 5.82. The summed E-state index contributed by atoms with van der Waals surface area (Å²) in [4.78, 5) is 0. The molecule has 4 atom stereocenters. The van der Waals surface area contributed by atoms with E-state index >= 15 is 0 Å². The summed E-state index contributed by atoms with van der Waals surface area (Å²) >= 11 is 12.7. The van der Waals surface area contributed by atoms with Crippen LogP contribution in [0, 0.1) is 11.3 Å². The monoisotopic (exact) mass is 353 g/mol. The predicted octanol–water partition coefficient (Wildman–Crippen LogP) is 5.45. The van der Waals surface area contributed by atoms with E-state index in [1.807, 2.05) is 11.8 Å². The second kappa shape index (κ2) is 4.54. The molecule has 1 nitrogen and oxygen atoms in total. The van der Waals surface area contributed by atoms with Gasteiger partial charge in [0.05, 0.1) is 10.1 Å². The van der Waals surface area contributed by atoms with Crippen LogP contribution < -0.4 is 0 Å². The fraction of sp³-hybridized carbons (Fsp3) is 0.909. The van der Waals surface area contributed by atoms with Gasteiger partial charge < -0.3 is 0 Å². The summed E-state index contributed by atoms with van der Waals surface area (Å²) in [6.07, 6.45) is 1.91. The largest absolute Gasteiger partial charge is 0.198 e. The van der Waals surface area contributed by atoms with E-state index in [9.17, 15) is 0 Å². The third-order valence-corrected chi connectivity index (χ3v) is 13.4. The van der Waals surface area contributed by atoms with Gasteiger partial charge in [-0.1, -0.05) is 0 Å². The molecule has 0 radical (unpaired) electrons. The molecule has 0 aromatic rings. The quantitative estimate of drug-likeness (QED) is 0.622. The van der Waals surface area contributed by atoms with E-state index in [0.717, 1.165) is 5.75 Å². The standard InChI is InChI=1S/C11H15NS6/c1-8-7-11(13-6-4-5-12)17-9(2,14-8)16-10(3,15-8)18-11/h4,6-7H2,1-3H3/t8?,9-,10+,11?. The predicted molar refractivity (Wildman–Crippen MR) is 93.2 cm³/mol. The van der Waals surface area contributed by atoms with Crippen LogP contribution in [0.15, 0.2) is 0 Å². The van der Waals surface area contributed by atoms with Crippen LogP contribution in [-0.2, 0) is 0 Å². The molecule has 4 heterocycles. The highest BCUT2D eigenvalue weighted by molar-refractivity contribution is 8.58. The van der Waals surface area contributed by atoms with Gasteiger partial charge in [0.1, 0.15) is 10.2 Å². The zero-order valence-corrected chi connectivity index (χ0v) is 15.4. The molecule has 4 saturated heterocycles. The molecule has 7 heteroatoms. The van der Waals surface area contributed by atoms with Crippen molar-refractivity contribution in [3.05, 3.63) is 0 Å². The molecular weight excluding hydrogens is 339 g/mol. The van der Waals surface area contributed by atoms with Crippen LogP contribution in [0.25, 0.3) is 0 Å². The molecule has 0 amide bonds. The Morgan fingerprint density at radius 1 is 1.06 bits per heavy atom. The van der Waals surface area contributed by atoms with Gasteiger partial charge in [-0.3, -0.25) is 0 Å². The van der Waals surface area contributed by atoms with Crippen LogP contribution in [0.2, 0.25) is 0 Å². The first kappa shape index (κ1) is 14.5. The Kier molecular flexibility index (Phi) is 3.66. The average Bonchev–Trinajstić information content (AvgIpc) is 2.09. The highest BCUT2D eigenvalue weighted by Crippen LogP contribution is 2.86. The lowest BCUT2D eigenvalue weighted by Crippen LogP contribution is -2.53. The molecule has 0 aromatic heterocycles. The summed E-state index contributed by atoms with van der Waals surface area (Å²) in [6, 6.07) is 2.27. The van der Waals surface area contributed by atoms with E-state index in [2.05, 4.69) is 85.6 Å². The molecule has 4 rings (SSSR count). The zero-order chi connectivity index (χ0) is 13.1. The summed E-state index contributed by atoms with van der Waals surface area (Å²) in [5.41, 5.74) is 0. The summed E-state index contributed by atoms with van der Waals surface area (Å²) < 4.78 is 1.21. The molecular formula is C11H15NS6. The molecule has 4 bridgehead atoms. The second-order valence-electron chi connectivity index (χ2n) is 4.99. The van der Waals surface area contributed by atoms with Crippen molar-refractivity contribution in [1.82, 2.24) is 0 Å². The van der Waals surface area contributed by atoms with Crippen molar-refractivity contribution in [3.8, 4) is 6.07 Å². The van der Waals surface area contributed by atoms with Crippen molar-refractivity contribution in [1.29, 1.82) is 5.26 Å². The van der Waals surface area contributed by atoms with Gasteiger partial charge in [0.15, 0.2) is 0 Å². The lowest BCUT2D eigenvalue weighted by atomic mass is 10.3. The minimum absolute atomic E-state index is 0.275. The van der Waals surface area contributed by atoms with Crippen molar-refractivity contribution in [3.63, 3.8) is 0 Å². The Bertz CT molecular complexity index is 365. The first-order chi connectivity index (χ1) is 8.30. The maximum atomic E-state index is 8.74. The van der Waals surface area contributed by atoms with Gasteiger partial charge in [0, 0.05) is 18.6 Å². The lowest BCUT2D eigenvalue weighted by molar-refractivity contribution is 0.772. The molecule has 4 aliphatic heterocycles. The highest BCUT2D eigenvalue weighted by Gasteiger charge is 2.67. The van der Waals surface area contributed by atoms with Crippen molar-refractivity contribution in [2.45, 2.75) is 47.9 Å². The van der Waals surface area contributed by atoms with Crippen LogP contribution in [0.1, 0.15) is 33.6 Å². The molecule has 4 fully saturated rings. The molecule has 0 spiro atoms. The van der Waals surface area contributed by atoms with Crippen LogP contribution in [0.5, 0.6) is 0 Å². The molecule has 2 unspecified atom stereocenters. The fourth-order valence-electron chi connectivity index (χ4n) is 2.75. The normalized spacial score (nSPS) is 53.4. The maximum Gasteiger partial charge on any atom is 0.113 e. The Morgan fingerprint density at radius 3 is 2.17 bits per heavy atom. The number of thioether (sulfide) groups is 6. The SMILES string of the molecule is CC12CC3(SCCC#N)S[C@](C)(S1)S[C@](C)(S2)S3. The minimum Gasteiger partial charge on any atom is -0.198 e. The Labute approximate surface area is 135 Å². The van der Waals surface area contributed by atoms with Crippen LogP contribution in [0.3, 0.4) is 0 Å². The topological polar surface area (TPSA) is 23.8 Å². The maximum absolute atomic E-state index is 8.74. The van der Waals surface area contributed by atoms with E-state index in [-0.39, 0.29) is 10.2 Å². The van der Waals surface area contributed by atoms with Gasteiger partial charge in [-0.05, 0) is 20.8 Å². The third-order valence-electron chi connectivity index (χ3n) is 2.93.